The van der Waals surface area contributed by atoms with Crippen LogP contribution in [0.15, 0.2) is 77.3 Å². The van der Waals surface area contributed by atoms with Crippen molar-refractivity contribution >= 4 is 40.6 Å². The Kier molecular flexibility index (Phi) is 9.23. The average molecular weight is 606 g/mol. The van der Waals surface area contributed by atoms with E-state index in [4.69, 9.17) is 21.1 Å². The molecule has 0 spiro atoms. The summed E-state index contributed by atoms with van der Waals surface area (Å²) in [6.45, 7) is 2.53. The van der Waals surface area contributed by atoms with E-state index in [1.807, 2.05) is 65.2 Å². The second-order valence-electron chi connectivity index (χ2n) is 9.02. The maximum Gasteiger partial charge on any atom is 0.270 e. The van der Waals surface area contributed by atoms with Crippen molar-refractivity contribution in [1.29, 1.82) is 0 Å². The quantitative estimate of drug-likeness (QED) is 0.169. The molecule has 0 bridgehead atoms. The van der Waals surface area contributed by atoms with Gasteiger partial charge in [-0.2, -0.15) is 0 Å². The lowest BCUT2D eigenvalue weighted by molar-refractivity contribution is 0.0949. The zero-order valence-corrected chi connectivity index (χ0v) is 25.1. The number of ether oxygens (including phenoxy) is 2. The van der Waals surface area contributed by atoms with E-state index in [-0.39, 0.29) is 5.91 Å². The topological polar surface area (TPSA) is 91.2 Å². The van der Waals surface area contributed by atoms with Crippen molar-refractivity contribution < 1.29 is 14.3 Å². The lowest BCUT2D eigenvalue weighted by atomic mass is 10.1. The van der Waals surface area contributed by atoms with Gasteiger partial charge in [0.05, 0.1) is 30.7 Å². The lowest BCUT2D eigenvalue weighted by Crippen LogP contribution is -2.26. The van der Waals surface area contributed by atoms with Crippen LogP contribution in [0, 0.1) is 6.92 Å². The van der Waals surface area contributed by atoms with E-state index in [1.165, 1.54) is 23.1 Å². The summed E-state index contributed by atoms with van der Waals surface area (Å²) in [5.41, 5.74) is 4.30. The number of carbonyl (C=O) groups excluding carboxylic acids is 1. The highest BCUT2D eigenvalue weighted by atomic mass is 35.5. The Morgan fingerprint density at radius 2 is 1.80 bits per heavy atom. The number of nitrogens with zero attached hydrogens (tertiary/aromatic N) is 4. The van der Waals surface area contributed by atoms with Gasteiger partial charge in [0.2, 0.25) is 0 Å². The molecule has 0 aliphatic heterocycles. The van der Waals surface area contributed by atoms with Crippen LogP contribution in [0.25, 0.3) is 17.1 Å². The molecule has 2 heterocycles. The highest BCUT2D eigenvalue weighted by Gasteiger charge is 2.20. The molecule has 0 aliphatic carbocycles. The van der Waals surface area contributed by atoms with E-state index in [0.29, 0.717) is 51.9 Å². The van der Waals surface area contributed by atoms with Gasteiger partial charge in [0, 0.05) is 17.5 Å². The molecule has 11 heteroatoms. The Hall–Kier alpha value is -3.86. The first-order valence-electron chi connectivity index (χ1n) is 12.8. The molecule has 8 nitrogen and oxygen atoms in total. The van der Waals surface area contributed by atoms with Gasteiger partial charge in [-0.1, -0.05) is 59.8 Å². The lowest BCUT2D eigenvalue weighted by Gasteiger charge is -2.13. The largest absolute Gasteiger partial charge is 0.493 e. The van der Waals surface area contributed by atoms with E-state index >= 15 is 0 Å². The van der Waals surface area contributed by atoms with Crippen LogP contribution >= 0.6 is 34.7 Å². The molecule has 0 aliphatic rings. The molecule has 1 N–H and O–H groups in total. The van der Waals surface area contributed by atoms with E-state index in [2.05, 4.69) is 33.5 Å². The minimum absolute atomic E-state index is 0.206. The number of carbonyl (C=O) groups is 1. The number of rotatable bonds is 11. The molecule has 0 atom stereocenters. The number of thioether (sulfide) groups is 1. The summed E-state index contributed by atoms with van der Waals surface area (Å²) < 4.78 is 12.7. The number of amides is 1. The van der Waals surface area contributed by atoms with Crippen molar-refractivity contribution in [2.75, 3.05) is 20.8 Å². The van der Waals surface area contributed by atoms with Gasteiger partial charge >= 0.3 is 0 Å². The van der Waals surface area contributed by atoms with E-state index in [0.717, 1.165) is 27.4 Å². The van der Waals surface area contributed by atoms with Crippen LogP contribution in [0.1, 0.15) is 26.6 Å². The number of hydrogen-bond acceptors (Lipinski definition) is 8. The molecule has 5 rings (SSSR count). The van der Waals surface area contributed by atoms with E-state index in [9.17, 15) is 4.79 Å². The molecule has 1 amide bonds. The van der Waals surface area contributed by atoms with Gasteiger partial charge in [-0.3, -0.25) is 9.36 Å². The fourth-order valence-electron chi connectivity index (χ4n) is 4.27. The predicted molar refractivity (Wildman–Crippen MR) is 164 cm³/mol. The van der Waals surface area contributed by atoms with Crippen LogP contribution in [-0.4, -0.2) is 46.4 Å². The summed E-state index contributed by atoms with van der Waals surface area (Å²) in [6.07, 6.45) is 0.654. The Balaban J connectivity index is 1.26. The second kappa shape index (κ2) is 13.2. The molecule has 3 aromatic carbocycles. The van der Waals surface area contributed by atoms with Crippen molar-refractivity contribution in [3.8, 4) is 28.6 Å². The van der Waals surface area contributed by atoms with Crippen molar-refractivity contribution in [2.24, 2.45) is 0 Å². The SMILES string of the molecule is COc1ccc(CCNC(=O)c2csc(CSc3nnc(-c4ccccc4Cl)n3-c3ccccc3C)n2)cc1OC. The van der Waals surface area contributed by atoms with Crippen LogP contribution in [0.5, 0.6) is 11.5 Å². The predicted octanol–water partition coefficient (Wildman–Crippen LogP) is 6.63. The number of hydrogen-bond donors (Lipinski definition) is 1. The van der Waals surface area contributed by atoms with Gasteiger partial charge in [-0.15, -0.1) is 21.5 Å². The molecule has 41 heavy (non-hydrogen) atoms. The van der Waals surface area contributed by atoms with Crippen molar-refractivity contribution in [3.63, 3.8) is 0 Å². The first kappa shape index (κ1) is 28.7. The van der Waals surface area contributed by atoms with Crippen LogP contribution in [0.3, 0.4) is 0 Å². The van der Waals surface area contributed by atoms with Gasteiger partial charge in [0.25, 0.3) is 5.91 Å². The van der Waals surface area contributed by atoms with Crippen LogP contribution in [0.4, 0.5) is 0 Å². The summed E-state index contributed by atoms with van der Waals surface area (Å²) in [7, 11) is 3.21. The molecule has 0 unspecified atom stereocenters. The minimum Gasteiger partial charge on any atom is -0.493 e. The summed E-state index contributed by atoms with van der Waals surface area (Å²) in [5.74, 6) is 2.33. The number of nitrogens with one attached hydrogen (secondary N) is 1. The van der Waals surface area contributed by atoms with Crippen molar-refractivity contribution in [2.45, 2.75) is 24.3 Å². The molecule has 0 fully saturated rings. The highest BCUT2D eigenvalue weighted by molar-refractivity contribution is 7.98. The number of para-hydroxylation sites is 1. The summed E-state index contributed by atoms with van der Waals surface area (Å²) in [4.78, 5) is 17.3. The van der Waals surface area contributed by atoms with Crippen molar-refractivity contribution in [3.05, 3.63) is 99.0 Å². The third-order valence-electron chi connectivity index (χ3n) is 6.36. The first-order valence-corrected chi connectivity index (χ1v) is 15.1. The van der Waals surface area contributed by atoms with Crippen LogP contribution in [-0.2, 0) is 12.2 Å². The zero-order valence-electron chi connectivity index (χ0n) is 22.8. The number of aromatic nitrogens is 4. The minimum atomic E-state index is -0.206. The normalized spacial score (nSPS) is 10.9. The third kappa shape index (κ3) is 6.56. The van der Waals surface area contributed by atoms with Crippen molar-refractivity contribution in [1.82, 2.24) is 25.1 Å². The van der Waals surface area contributed by atoms with Gasteiger partial charge < -0.3 is 14.8 Å². The van der Waals surface area contributed by atoms with Gasteiger partial charge in [0.15, 0.2) is 22.5 Å². The smallest absolute Gasteiger partial charge is 0.270 e. The Morgan fingerprint density at radius 1 is 1.02 bits per heavy atom. The molecule has 210 valence electrons. The summed E-state index contributed by atoms with van der Waals surface area (Å²) in [5, 5.41) is 15.9. The highest BCUT2D eigenvalue weighted by Crippen LogP contribution is 2.34. The molecule has 0 radical (unpaired) electrons. The maximum atomic E-state index is 12.8. The fraction of sp³-hybridized carbons (Fsp3) is 0.200. The van der Waals surface area contributed by atoms with Crippen LogP contribution < -0.4 is 14.8 Å². The fourth-order valence-corrected chi connectivity index (χ4v) is 6.22. The number of thiazole rings is 1. The van der Waals surface area contributed by atoms with Crippen LogP contribution in [0.2, 0.25) is 5.02 Å². The molecule has 0 saturated carbocycles. The standard InChI is InChI=1S/C30H28ClN5O3S2/c1-19-8-4-7-11-24(19)36-28(21-9-5-6-10-22(21)31)34-35-30(36)41-18-27-33-23(17-40-27)29(37)32-15-14-20-12-13-25(38-2)26(16-20)39-3/h4-13,16-17H,14-15,18H2,1-3H3,(H,32,37). The second-order valence-corrected chi connectivity index (χ2v) is 11.3. The molecular weight excluding hydrogens is 578 g/mol. The van der Waals surface area contributed by atoms with Gasteiger partial charge in [-0.25, -0.2) is 4.98 Å². The van der Waals surface area contributed by atoms with Gasteiger partial charge in [-0.05, 0) is 54.8 Å². The van der Waals surface area contributed by atoms with E-state index < -0.39 is 0 Å². The molecule has 5 aromatic rings. The summed E-state index contributed by atoms with van der Waals surface area (Å²) >= 11 is 9.48. The monoisotopic (exact) mass is 605 g/mol. The third-order valence-corrected chi connectivity index (χ3v) is 8.66. The number of halogens is 1. The molecule has 0 saturated heterocycles. The van der Waals surface area contributed by atoms with E-state index in [1.54, 1.807) is 19.6 Å². The maximum absolute atomic E-state index is 12.8. The molecule has 2 aromatic heterocycles. The Bertz CT molecular complexity index is 1670. The number of aryl methyl sites for hydroxylation is 1. The Labute approximate surface area is 251 Å². The number of benzene rings is 3. The first-order chi connectivity index (χ1) is 20.0. The van der Waals surface area contributed by atoms with Gasteiger partial charge in [0.1, 0.15) is 10.7 Å². The average Bonchev–Trinajstić information content (AvgIpc) is 3.64. The zero-order chi connectivity index (χ0) is 28.8. The Morgan fingerprint density at radius 3 is 2.59 bits per heavy atom. The molecular formula is C30H28ClN5O3S2. The number of methoxy groups -OCH3 is 2. The summed E-state index contributed by atoms with van der Waals surface area (Å²) in [6, 6.07) is 21.4.